The van der Waals surface area contributed by atoms with Crippen LogP contribution in [0.5, 0.6) is 0 Å². The predicted molar refractivity (Wildman–Crippen MR) is 74.8 cm³/mol. The number of thioether (sulfide) groups is 1. The van der Waals surface area contributed by atoms with E-state index in [1.165, 1.54) is 0 Å². The first-order chi connectivity index (χ1) is 9.72. The topological polar surface area (TPSA) is 82.9 Å². The molecule has 8 heteroatoms. The molecule has 0 unspecified atom stereocenters. The van der Waals surface area contributed by atoms with E-state index in [4.69, 9.17) is 5.53 Å². The van der Waals surface area contributed by atoms with E-state index in [-0.39, 0.29) is 10.0 Å². The molecule has 0 heterocycles. The standard InChI is InChI=1S/C13H13F2N3O2S/c1-4-13(2,3)12(20)21-10-5-7(11(19)17-18-16)8(14)6-9(10)15/h5-6H,4H2,1-3H3. The third-order valence-electron chi connectivity index (χ3n) is 3.03. The number of amides is 1. The smallest absolute Gasteiger partial charge is 0.252 e. The molecule has 0 saturated carbocycles. The van der Waals surface area contributed by atoms with Crippen LogP contribution >= 0.6 is 11.8 Å². The quantitative estimate of drug-likeness (QED) is 0.356. The molecule has 5 nitrogen and oxygen atoms in total. The highest BCUT2D eigenvalue weighted by Gasteiger charge is 2.27. The Hall–Kier alpha value is -1.92. The van der Waals surface area contributed by atoms with E-state index in [0.29, 0.717) is 24.2 Å². The zero-order valence-corrected chi connectivity index (χ0v) is 12.5. The van der Waals surface area contributed by atoms with Gasteiger partial charge < -0.3 is 0 Å². The summed E-state index contributed by atoms with van der Waals surface area (Å²) in [5.41, 5.74) is 6.93. The fourth-order valence-corrected chi connectivity index (χ4v) is 2.20. The molecule has 0 saturated heterocycles. The highest BCUT2D eigenvalue weighted by molar-refractivity contribution is 8.13. The molecular weight excluding hydrogens is 300 g/mol. The molecule has 0 aliphatic heterocycles. The number of carbonyl (C=O) groups is 2. The highest BCUT2D eigenvalue weighted by atomic mass is 32.2. The van der Waals surface area contributed by atoms with Crippen LogP contribution in [0.4, 0.5) is 8.78 Å². The van der Waals surface area contributed by atoms with Gasteiger partial charge in [0.05, 0.1) is 10.5 Å². The minimum Gasteiger partial charge on any atom is -0.287 e. The van der Waals surface area contributed by atoms with Gasteiger partial charge in [-0.3, -0.25) is 9.59 Å². The van der Waals surface area contributed by atoms with E-state index >= 15 is 0 Å². The van der Waals surface area contributed by atoms with E-state index in [0.717, 1.165) is 6.07 Å². The lowest BCUT2D eigenvalue weighted by Crippen LogP contribution is -2.20. The van der Waals surface area contributed by atoms with Gasteiger partial charge in [0.2, 0.25) is 0 Å². The van der Waals surface area contributed by atoms with Crippen molar-refractivity contribution < 1.29 is 18.4 Å². The van der Waals surface area contributed by atoms with E-state index in [1.807, 2.05) is 6.92 Å². The second kappa shape index (κ2) is 6.69. The Kier molecular flexibility index (Phi) is 5.46. The number of rotatable bonds is 4. The van der Waals surface area contributed by atoms with Crippen molar-refractivity contribution in [2.45, 2.75) is 32.1 Å². The number of hydrogen-bond donors (Lipinski definition) is 0. The summed E-state index contributed by atoms with van der Waals surface area (Å²) in [6, 6.07) is 1.38. The molecule has 0 N–H and O–H groups in total. The molecule has 0 aliphatic carbocycles. The van der Waals surface area contributed by atoms with Crippen molar-refractivity contribution in [2.75, 3.05) is 0 Å². The van der Waals surface area contributed by atoms with Crippen LogP contribution in [0.1, 0.15) is 37.6 Å². The lowest BCUT2D eigenvalue weighted by atomic mass is 9.92. The van der Waals surface area contributed by atoms with Crippen LogP contribution in [0.3, 0.4) is 0 Å². The maximum Gasteiger partial charge on any atom is 0.252 e. The molecule has 21 heavy (non-hydrogen) atoms. The minimum absolute atomic E-state index is 0.181. The summed E-state index contributed by atoms with van der Waals surface area (Å²) in [5, 5.41) is 2.45. The lowest BCUT2D eigenvalue weighted by Gasteiger charge is -2.20. The Balaban J connectivity index is 3.20. The fourth-order valence-electron chi connectivity index (χ4n) is 1.25. The van der Waals surface area contributed by atoms with Crippen molar-refractivity contribution in [3.63, 3.8) is 0 Å². The van der Waals surface area contributed by atoms with Gasteiger partial charge in [0.15, 0.2) is 5.12 Å². The second-order valence-corrected chi connectivity index (χ2v) is 5.90. The van der Waals surface area contributed by atoms with Crippen molar-refractivity contribution in [3.8, 4) is 0 Å². The van der Waals surface area contributed by atoms with Crippen LogP contribution in [-0.2, 0) is 4.79 Å². The summed E-state index contributed by atoms with van der Waals surface area (Å²) in [4.78, 5) is 25.5. The zero-order chi connectivity index (χ0) is 16.2. The maximum absolute atomic E-state index is 13.7. The second-order valence-electron chi connectivity index (χ2n) is 4.88. The van der Waals surface area contributed by atoms with Crippen LogP contribution < -0.4 is 0 Å². The third kappa shape index (κ3) is 4.03. The maximum atomic E-state index is 13.7. The van der Waals surface area contributed by atoms with Crippen LogP contribution in [0.25, 0.3) is 10.4 Å². The zero-order valence-electron chi connectivity index (χ0n) is 11.7. The van der Waals surface area contributed by atoms with E-state index in [9.17, 15) is 18.4 Å². The first-order valence-electron chi connectivity index (χ1n) is 6.03. The first kappa shape index (κ1) is 17.1. The molecule has 0 spiro atoms. The van der Waals surface area contributed by atoms with Crippen LogP contribution in [-0.4, -0.2) is 11.0 Å². The molecule has 0 aliphatic rings. The van der Waals surface area contributed by atoms with Gasteiger partial charge in [0, 0.05) is 16.4 Å². The monoisotopic (exact) mass is 313 g/mol. The molecule has 1 aromatic rings. The van der Waals surface area contributed by atoms with Gasteiger partial charge in [-0.25, -0.2) is 8.78 Å². The van der Waals surface area contributed by atoms with Crippen molar-refractivity contribution >= 4 is 22.8 Å². The van der Waals surface area contributed by atoms with Crippen molar-refractivity contribution in [3.05, 3.63) is 39.8 Å². The Labute approximate surface area is 124 Å². The molecular formula is C13H13F2N3O2S. The van der Waals surface area contributed by atoms with E-state index in [2.05, 4.69) is 10.0 Å². The lowest BCUT2D eigenvalue weighted by molar-refractivity contribution is -0.118. The normalized spacial score (nSPS) is 10.9. The van der Waals surface area contributed by atoms with Crippen LogP contribution in [0.2, 0.25) is 0 Å². The number of benzene rings is 1. The molecule has 0 fully saturated rings. The van der Waals surface area contributed by atoms with Gasteiger partial charge in [-0.15, -0.1) is 0 Å². The average Bonchev–Trinajstić information content (AvgIpc) is 2.41. The first-order valence-corrected chi connectivity index (χ1v) is 6.85. The van der Waals surface area contributed by atoms with Gasteiger partial charge in [0.25, 0.3) is 5.91 Å². The number of halogens is 2. The van der Waals surface area contributed by atoms with Crippen LogP contribution in [0.15, 0.2) is 22.1 Å². The van der Waals surface area contributed by atoms with Gasteiger partial charge in [-0.05, 0) is 34.9 Å². The van der Waals surface area contributed by atoms with Gasteiger partial charge in [-0.1, -0.05) is 20.8 Å². The van der Waals surface area contributed by atoms with Crippen molar-refractivity contribution in [2.24, 2.45) is 10.5 Å². The van der Waals surface area contributed by atoms with E-state index in [1.54, 1.807) is 13.8 Å². The SMILES string of the molecule is CCC(C)(C)C(=O)Sc1cc(C(=O)N=[N+]=[N-])c(F)cc1F. The summed E-state index contributed by atoms with van der Waals surface area (Å²) in [6.07, 6.45) is 0.548. The summed E-state index contributed by atoms with van der Waals surface area (Å²) in [6.45, 7) is 5.22. The van der Waals surface area contributed by atoms with Gasteiger partial charge in [-0.2, -0.15) is 0 Å². The number of nitrogens with zero attached hydrogens (tertiary/aromatic N) is 3. The molecule has 0 bridgehead atoms. The average molecular weight is 313 g/mol. The largest absolute Gasteiger partial charge is 0.287 e. The summed E-state index contributed by atoms with van der Waals surface area (Å²) < 4.78 is 27.2. The summed E-state index contributed by atoms with van der Waals surface area (Å²) >= 11 is 0.593. The van der Waals surface area contributed by atoms with Crippen molar-refractivity contribution in [1.29, 1.82) is 0 Å². The number of carbonyl (C=O) groups excluding carboxylic acids is 2. The molecule has 0 radical (unpaired) electrons. The number of hydrogen-bond acceptors (Lipinski definition) is 3. The van der Waals surface area contributed by atoms with Gasteiger partial charge >= 0.3 is 0 Å². The van der Waals surface area contributed by atoms with E-state index < -0.39 is 28.5 Å². The Morgan fingerprint density at radius 1 is 1.33 bits per heavy atom. The van der Waals surface area contributed by atoms with Crippen molar-refractivity contribution in [1.82, 2.24) is 0 Å². The predicted octanol–water partition coefficient (Wildman–Crippen LogP) is 4.47. The minimum atomic E-state index is -1.17. The molecule has 1 rings (SSSR count). The summed E-state index contributed by atoms with van der Waals surface area (Å²) in [5.74, 6) is -3.26. The van der Waals surface area contributed by atoms with Gasteiger partial charge in [0.1, 0.15) is 11.6 Å². The molecule has 0 aromatic heterocycles. The van der Waals surface area contributed by atoms with Crippen LogP contribution in [0, 0.1) is 17.0 Å². The molecule has 1 amide bonds. The number of azide groups is 1. The summed E-state index contributed by atoms with van der Waals surface area (Å²) in [7, 11) is 0. The third-order valence-corrected chi connectivity index (χ3v) is 4.30. The molecule has 0 atom stereocenters. The Morgan fingerprint density at radius 2 is 1.95 bits per heavy atom. The molecule has 112 valence electrons. The molecule has 1 aromatic carbocycles. The fraction of sp³-hybridized carbons (Fsp3) is 0.385. The Morgan fingerprint density at radius 3 is 2.48 bits per heavy atom. The Bertz CT molecular complexity index is 641. The highest BCUT2D eigenvalue weighted by Crippen LogP contribution is 2.34.